The van der Waals surface area contributed by atoms with E-state index >= 15 is 0 Å². The second-order valence-electron chi connectivity index (χ2n) is 5.59. The lowest BCUT2D eigenvalue weighted by Crippen LogP contribution is -2.27. The van der Waals surface area contributed by atoms with Crippen LogP contribution in [0, 0.1) is 0 Å². The molecular weight excluding hydrogens is 268 g/mol. The Morgan fingerprint density at radius 2 is 2.14 bits per heavy atom. The molecule has 0 aromatic heterocycles. The van der Waals surface area contributed by atoms with Crippen LogP contribution in [0.3, 0.4) is 0 Å². The summed E-state index contributed by atoms with van der Waals surface area (Å²) < 4.78 is 11.0. The summed E-state index contributed by atoms with van der Waals surface area (Å²) in [7, 11) is 0. The van der Waals surface area contributed by atoms with Crippen LogP contribution in [0.2, 0.25) is 0 Å². The molecule has 1 atom stereocenters. The van der Waals surface area contributed by atoms with Gasteiger partial charge in [-0.2, -0.15) is 0 Å². The Balaban J connectivity index is 1.44. The van der Waals surface area contributed by atoms with Crippen molar-refractivity contribution in [2.24, 2.45) is 0 Å². The molecule has 2 aliphatic heterocycles. The Hall–Kier alpha value is -1.75. The first-order valence-electron chi connectivity index (χ1n) is 7.70. The largest absolute Gasteiger partial charge is 0.486 e. The molecule has 0 aliphatic carbocycles. The molecule has 0 bridgehead atoms. The minimum absolute atomic E-state index is 0.110. The average molecular weight is 290 g/mol. The van der Waals surface area contributed by atoms with Gasteiger partial charge in [0.25, 0.3) is 0 Å². The van der Waals surface area contributed by atoms with Crippen molar-refractivity contribution in [3.63, 3.8) is 0 Å². The summed E-state index contributed by atoms with van der Waals surface area (Å²) in [6.07, 6.45) is 3.92. The van der Waals surface area contributed by atoms with Gasteiger partial charge in [-0.1, -0.05) is 6.07 Å². The number of carbonyl (C=O) groups excluding carboxylic acids is 1. The van der Waals surface area contributed by atoms with E-state index in [9.17, 15) is 4.79 Å². The van der Waals surface area contributed by atoms with Gasteiger partial charge in [0.05, 0.1) is 0 Å². The molecule has 1 amide bonds. The standard InChI is InChI=1S/C16H22N2O3/c19-16(6-4-13-2-1-7-17-13)18-11-12-3-5-14-15(10-12)21-9-8-20-14/h3,5,10,13,17H,1-2,4,6-9,11H2,(H,18,19). The van der Waals surface area contributed by atoms with Crippen molar-refractivity contribution in [1.82, 2.24) is 10.6 Å². The predicted molar refractivity (Wildman–Crippen MR) is 79.5 cm³/mol. The van der Waals surface area contributed by atoms with Crippen LogP contribution in [0.15, 0.2) is 18.2 Å². The molecule has 21 heavy (non-hydrogen) atoms. The third-order valence-corrected chi connectivity index (χ3v) is 3.98. The molecule has 1 fully saturated rings. The fraction of sp³-hybridized carbons (Fsp3) is 0.562. The van der Waals surface area contributed by atoms with Gasteiger partial charge in [0, 0.05) is 19.0 Å². The Bertz CT molecular complexity index is 498. The maximum absolute atomic E-state index is 11.9. The highest BCUT2D eigenvalue weighted by molar-refractivity contribution is 5.75. The predicted octanol–water partition coefficient (Wildman–Crippen LogP) is 1.61. The van der Waals surface area contributed by atoms with E-state index in [1.165, 1.54) is 12.8 Å². The molecule has 2 N–H and O–H groups in total. The van der Waals surface area contributed by atoms with Crippen LogP contribution in [-0.4, -0.2) is 31.7 Å². The highest BCUT2D eigenvalue weighted by Gasteiger charge is 2.15. The molecule has 0 spiro atoms. The molecule has 1 saturated heterocycles. The van der Waals surface area contributed by atoms with Crippen molar-refractivity contribution in [2.75, 3.05) is 19.8 Å². The van der Waals surface area contributed by atoms with E-state index in [2.05, 4.69) is 10.6 Å². The van der Waals surface area contributed by atoms with Crippen LogP contribution < -0.4 is 20.1 Å². The lowest BCUT2D eigenvalue weighted by atomic mass is 10.1. The molecule has 3 rings (SSSR count). The molecule has 2 aliphatic rings. The molecule has 0 radical (unpaired) electrons. The summed E-state index contributed by atoms with van der Waals surface area (Å²) in [5.74, 6) is 1.66. The summed E-state index contributed by atoms with van der Waals surface area (Å²) in [4.78, 5) is 11.9. The van der Waals surface area contributed by atoms with Gasteiger partial charge in [-0.05, 0) is 43.5 Å². The normalized spacial score (nSPS) is 20.3. The van der Waals surface area contributed by atoms with Gasteiger partial charge in [-0.3, -0.25) is 4.79 Å². The van der Waals surface area contributed by atoms with Gasteiger partial charge in [-0.25, -0.2) is 0 Å². The van der Waals surface area contributed by atoms with Crippen molar-refractivity contribution in [3.05, 3.63) is 23.8 Å². The maximum atomic E-state index is 11.9. The number of benzene rings is 1. The highest BCUT2D eigenvalue weighted by Crippen LogP contribution is 2.30. The van der Waals surface area contributed by atoms with Crippen LogP contribution in [-0.2, 0) is 11.3 Å². The number of hydrogen-bond acceptors (Lipinski definition) is 4. The topological polar surface area (TPSA) is 59.6 Å². The number of ether oxygens (including phenoxy) is 2. The van der Waals surface area contributed by atoms with Gasteiger partial charge >= 0.3 is 0 Å². The molecule has 2 heterocycles. The van der Waals surface area contributed by atoms with Crippen LogP contribution in [0.4, 0.5) is 0 Å². The molecule has 1 aromatic carbocycles. The van der Waals surface area contributed by atoms with E-state index in [0.29, 0.717) is 32.2 Å². The lowest BCUT2D eigenvalue weighted by Gasteiger charge is -2.19. The number of nitrogens with one attached hydrogen (secondary N) is 2. The van der Waals surface area contributed by atoms with Crippen LogP contribution in [0.1, 0.15) is 31.2 Å². The number of carbonyl (C=O) groups is 1. The van der Waals surface area contributed by atoms with E-state index in [1.807, 2.05) is 18.2 Å². The first kappa shape index (κ1) is 14.2. The van der Waals surface area contributed by atoms with E-state index in [1.54, 1.807) is 0 Å². The summed E-state index contributed by atoms with van der Waals surface area (Å²) in [6, 6.07) is 6.32. The van der Waals surface area contributed by atoms with E-state index in [0.717, 1.165) is 30.0 Å². The third-order valence-electron chi connectivity index (χ3n) is 3.98. The number of hydrogen-bond donors (Lipinski definition) is 2. The fourth-order valence-corrected chi connectivity index (χ4v) is 2.80. The smallest absolute Gasteiger partial charge is 0.220 e. The molecule has 1 unspecified atom stereocenters. The summed E-state index contributed by atoms with van der Waals surface area (Å²) in [6.45, 7) is 2.80. The van der Waals surface area contributed by atoms with E-state index in [4.69, 9.17) is 9.47 Å². The zero-order valence-corrected chi connectivity index (χ0v) is 12.2. The van der Waals surface area contributed by atoms with Gasteiger partial charge < -0.3 is 20.1 Å². The Kier molecular flexibility index (Phi) is 4.60. The quantitative estimate of drug-likeness (QED) is 0.865. The van der Waals surface area contributed by atoms with Crippen molar-refractivity contribution in [1.29, 1.82) is 0 Å². The Morgan fingerprint density at radius 3 is 2.95 bits per heavy atom. The number of fused-ring (bicyclic) bond motifs is 1. The highest BCUT2D eigenvalue weighted by atomic mass is 16.6. The van der Waals surface area contributed by atoms with Crippen LogP contribution in [0.5, 0.6) is 11.5 Å². The Morgan fingerprint density at radius 1 is 1.29 bits per heavy atom. The lowest BCUT2D eigenvalue weighted by molar-refractivity contribution is -0.121. The zero-order chi connectivity index (χ0) is 14.5. The molecular formula is C16H22N2O3. The van der Waals surface area contributed by atoms with Crippen LogP contribution >= 0.6 is 0 Å². The summed E-state index contributed by atoms with van der Waals surface area (Å²) >= 11 is 0. The molecule has 5 heteroatoms. The Labute approximate surface area is 125 Å². The van der Waals surface area contributed by atoms with Crippen molar-refractivity contribution >= 4 is 5.91 Å². The zero-order valence-electron chi connectivity index (χ0n) is 12.2. The second kappa shape index (κ2) is 6.80. The molecule has 1 aromatic rings. The summed E-state index contributed by atoms with van der Waals surface area (Å²) in [5, 5.41) is 6.38. The van der Waals surface area contributed by atoms with Crippen LogP contribution in [0.25, 0.3) is 0 Å². The summed E-state index contributed by atoms with van der Waals surface area (Å²) in [5.41, 5.74) is 1.03. The minimum Gasteiger partial charge on any atom is -0.486 e. The molecule has 0 saturated carbocycles. The van der Waals surface area contributed by atoms with Gasteiger partial charge in [-0.15, -0.1) is 0 Å². The van der Waals surface area contributed by atoms with Crippen molar-refractivity contribution in [3.8, 4) is 11.5 Å². The first-order chi connectivity index (χ1) is 10.3. The second-order valence-corrected chi connectivity index (χ2v) is 5.59. The van der Waals surface area contributed by atoms with Gasteiger partial charge in [0.2, 0.25) is 5.91 Å². The first-order valence-corrected chi connectivity index (χ1v) is 7.70. The van der Waals surface area contributed by atoms with Gasteiger partial charge in [0.15, 0.2) is 11.5 Å². The van der Waals surface area contributed by atoms with Crippen molar-refractivity contribution < 1.29 is 14.3 Å². The fourth-order valence-electron chi connectivity index (χ4n) is 2.80. The monoisotopic (exact) mass is 290 g/mol. The van der Waals surface area contributed by atoms with Crippen molar-refractivity contribution in [2.45, 2.75) is 38.3 Å². The molecule has 5 nitrogen and oxygen atoms in total. The van der Waals surface area contributed by atoms with E-state index < -0.39 is 0 Å². The number of amides is 1. The van der Waals surface area contributed by atoms with E-state index in [-0.39, 0.29) is 5.91 Å². The maximum Gasteiger partial charge on any atom is 0.220 e. The molecule has 114 valence electrons. The number of rotatable bonds is 5. The SMILES string of the molecule is O=C(CCC1CCCN1)NCc1ccc2c(c1)OCCO2. The third kappa shape index (κ3) is 3.88. The minimum atomic E-state index is 0.110. The average Bonchev–Trinajstić information content (AvgIpc) is 3.04. The van der Waals surface area contributed by atoms with Gasteiger partial charge in [0.1, 0.15) is 13.2 Å².